The molecule has 1 N–H and O–H groups in total. The predicted octanol–water partition coefficient (Wildman–Crippen LogP) is 5.07. The average Bonchev–Trinajstić information content (AvgIpc) is 2.88. The molecule has 0 unspecified atom stereocenters. The van der Waals surface area contributed by atoms with E-state index in [4.69, 9.17) is 0 Å². The summed E-state index contributed by atoms with van der Waals surface area (Å²) in [4.78, 5) is 0. The van der Waals surface area contributed by atoms with Crippen molar-refractivity contribution in [1.29, 1.82) is 0 Å². The van der Waals surface area contributed by atoms with Crippen LogP contribution in [0.2, 0.25) is 0 Å². The summed E-state index contributed by atoms with van der Waals surface area (Å²) in [5.74, 6) is 0. The van der Waals surface area contributed by atoms with Gasteiger partial charge in [0.1, 0.15) is 0 Å². The van der Waals surface area contributed by atoms with Crippen LogP contribution in [0.3, 0.4) is 0 Å². The fourth-order valence-electron chi connectivity index (χ4n) is 3.44. The zero-order valence-electron chi connectivity index (χ0n) is 13.7. The Morgan fingerprint density at radius 3 is 2.59 bits per heavy atom. The molecule has 0 aromatic heterocycles. The molecule has 2 aliphatic carbocycles. The van der Waals surface area contributed by atoms with E-state index in [-0.39, 0.29) is 0 Å². The van der Waals surface area contributed by atoms with E-state index < -0.39 is 0 Å². The van der Waals surface area contributed by atoms with Gasteiger partial charge >= 0.3 is 0 Å². The molecule has 0 aliphatic heterocycles. The Labute approximate surface area is 134 Å². The number of rotatable bonds is 4. The molecule has 2 aliphatic rings. The van der Waals surface area contributed by atoms with Crippen molar-refractivity contribution >= 4 is 11.8 Å². The maximum atomic E-state index is 4.53. The number of nitrogens with one attached hydrogen (secondary N) is 1. The van der Waals surface area contributed by atoms with E-state index >= 15 is 0 Å². The Kier molecular flexibility index (Phi) is 4.77. The minimum Gasteiger partial charge on any atom is -0.307 e. The fraction of sp³-hybridized carbons (Fsp3) is 0.450. The molecule has 0 heterocycles. The lowest BCUT2D eigenvalue weighted by atomic mass is 9.96. The van der Waals surface area contributed by atoms with E-state index in [1.54, 1.807) is 0 Å². The molecule has 0 saturated heterocycles. The van der Waals surface area contributed by atoms with Gasteiger partial charge in [-0.05, 0) is 49.8 Å². The number of hydrogen-bond donors (Lipinski definition) is 1. The maximum absolute atomic E-state index is 4.53. The Morgan fingerprint density at radius 1 is 1.09 bits per heavy atom. The third-order valence-electron chi connectivity index (χ3n) is 5.01. The minimum atomic E-state index is 0.563. The van der Waals surface area contributed by atoms with Crippen LogP contribution < -0.4 is 5.43 Å². The van der Waals surface area contributed by atoms with E-state index in [1.807, 2.05) is 6.21 Å². The highest BCUT2D eigenvalue weighted by Gasteiger charge is 2.15. The van der Waals surface area contributed by atoms with Crippen LogP contribution in [0.15, 0.2) is 46.6 Å². The fourth-order valence-corrected chi connectivity index (χ4v) is 3.44. The van der Waals surface area contributed by atoms with Gasteiger partial charge in [0.15, 0.2) is 0 Å². The summed E-state index contributed by atoms with van der Waals surface area (Å²) in [5, 5.41) is 4.53. The monoisotopic (exact) mass is 294 g/mol. The molecular formula is C20H26N2. The zero-order valence-corrected chi connectivity index (χ0v) is 13.7. The van der Waals surface area contributed by atoms with Gasteiger partial charge in [-0.1, -0.05) is 55.2 Å². The molecule has 0 radical (unpaired) electrons. The molecule has 0 bridgehead atoms. The second kappa shape index (κ2) is 6.95. The number of hydrogen-bond acceptors (Lipinski definition) is 2. The Bertz CT molecular complexity index is 616. The van der Waals surface area contributed by atoms with Gasteiger partial charge in [-0.25, -0.2) is 0 Å². The van der Waals surface area contributed by atoms with Crippen molar-refractivity contribution in [3.05, 3.63) is 52.6 Å². The normalized spacial score (nSPS) is 19.8. The van der Waals surface area contributed by atoms with Crippen LogP contribution in [0.1, 0.15) is 63.5 Å². The van der Waals surface area contributed by atoms with Gasteiger partial charge in [0.25, 0.3) is 0 Å². The highest BCUT2D eigenvalue weighted by Crippen LogP contribution is 2.34. The van der Waals surface area contributed by atoms with Crippen molar-refractivity contribution in [1.82, 2.24) is 5.43 Å². The first-order valence-corrected chi connectivity index (χ1v) is 8.50. The summed E-state index contributed by atoms with van der Waals surface area (Å²) < 4.78 is 0. The summed E-state index contributed by atoms with van der Waals surface area (Å²) in [7, 11) is 0. The van der Waals surface area contributed by atoms with Crippen molar-refractivity contribution in [2.75, 3.05) is 0 Å². The molecule has 22 heavy (non-hydrogen) atoms. The first-order valence-electron chi connectivity index (χ1n) is 8.50. The quantitative estimate of drug-likeness (QED) is 0.608. The average molecular weight is 294 g/mol. The molecule has 2 nitrogen and oxygen atoms in total. The highest BCUT2D eigenvalue weighted by molar-refractivity contribution is 5.90. The van der Waals surface area contributed by atoms with Gasteiger partial charge in [-0.3, -0.25) is 0 Å². The van der Waals surface area contributed by atoms with E-state index in [0.717, 1.165) is 6.42 Å². The molecular weight excluding hydrogens is 268 g/mol. The maximum Gasteiger partial charge on any atom is 0.0546 e. The van der Waals surface area contributed by atoms with Gasteiger partial charge in [-0.15, -0.1) is 0 Å². The number of allylic oxidation sites excluding steroid dienone is 4. The van der Waals surface area contributed by atoms with Crippen LogP contribution >= 0.6 is 0 Å². The molecule has 0 spiro atoms. The lowest BCUT2D eigenvalue weighted by Gasteiger charge is -2.20. The van der Waals surface area contributed by atoms with E-state index in [9.17, 15) is 0 Å². The molecule has 1 aromatic carbocycles. The smallest absolute Gasteiger partial charge is 0.0546 e. The van der Waals surface area contributed by atoms with Crippen LogP contribution in [0.5, 0.6) is 0 Å². The van der Waals surface area contributed by atoms with Crippen LogP contribution in [0.25, 0.3) is 5.57 Å². The zero-order chi connectivity index (χ0) is 15.4. The lowest BCUT2D eigenvalue weighted by molar-refractivity contribution is 0.381. The Hall–Kier alpha value is -1.83. The molecule has 1 fully saturated rings. The van der Waals surface area contributed by atoms with Crippen molar-refractivity contribution < 1.29 is 0 Å². The first-order chi connectivity index (χ1) is 10.8. The molecule has 2 heteroatoms. The van der Waals surface area contributed by atoms with Crippen LogP contribution in [0, 0.1) is 0 Å². The third-order valence-corrected chi connectivity index (χ3v) is 5.01. The summed E-state index contributed by atoms with van der Waals surface area (Å²) in [6.45, 7) is 4.42. The number of nitrogens with zero attached hydrogens (tertiary/aromatic N) is 1. The predicted molar refractivity (Wildman–Crippen MR) is 95.0 cm³/mol. The molecule has 1 saturated carbocycles. The van der Waals surface area contributed by atoms with Crippen molar-refractivity contribution in [3.8, 4) is 0 Å². The summed E-state index contributed by atoms with van der Waals surface area (Å²) in [6.07, 6.45) is 11.9. The highest BCUT2D eigenvalue weighted by atomic mass is 15.3. The standard InChI is InChI=1S/C20H26N2/c1-15-12-13-19(16(15)2)20-11-7-6-8-17(20)14-21-22-18-9-4-3-5-10-18/h6-8,11-12,14,18,22H,3-5,9-10,13H2,1-2H3/b21-14+. The second-order valence-electron chi connectivity index (χ2n) is 6.50. The van der Waals surface area contributed by atoms with E-state index in [1.165, 1.54) is 60.0 Å². The number of benzene rings is 1. The van der Waals surface area contributed by atoms with E-state index in [2.05, 4.69) is 54.7 Å². The van der Waals surface area contributed by atoms with Crippen LogP contribution in [-0.2, 0) is 0 Å². The minimum absolute atomic E-state index is 0.563. The van der Waals surface area contributed by atoms with Gasteiger partial charge in [-0.2, -0.15) is 5.10 Å². The van der Waals surface area contributed by atoms with E-state index in [0.29, 0.717) is 6.04 Å². The lowest BCUT2D eigenvalue weighted by Crippen LogP contribution is -2.26. The van der Waals surface area contributed by atoms with Gasteiger partial charge in [0, 0.05) is 11.6 Å². The Balaban J connectivity index is 1.74. The molecule has 116 valence electrons. The summed E-state index contributed by atoms with van der Waals surface area (Å²) in [6, 6.07) is 9.16. The van der Waals surface area contributed by atoms with Crippen LogP contribution in [0.4, 0.5) is 0 Å². The Morgan fingerprint density at radius 2 is 1.86 bits per heavy atom. The van der Waals surface area contributed by atoms with Gasteiger partial charge in [0.2, 0.25) is 0 Å². The summed E-state index contributed by atoms with van der Waals surface area (Å²) >= 11 is 0. The molecule has 0 amide bonds. The second-order valence-corrected chi connectivity index (χ2v) is 6.50. The van der Waals surface area contributed by atoms with Crippen molar-refractivity contribution in [3.63, 3.8) is 0 Å². The largest absolute Gasteiger partial charge is 0.307 e. The topological polar surface area (TPSA) is 24.4 Å². The number of hydrazone groups is 1. The molecule has 0 atom stereocenters. The third kappa shape index (κ3) is 3.32. The summed E-state index contributed by atoms with van der Waals surface area (Å²) in [5.41, 5.74) is 10.1. The van der Waals surface area contributed by atoms with Gasteiger partial charge < -0.3 is 5.43 Å². The SMILES string of the molecule is CC1=CCC(c2ccccc2/C=N/NC2CCCCC2)=C1C. The van der Waals surface area contributed by atoms with Crippen molar-refractivity contribution in [2.24, 2.45) is 5.10 Å². The molecule has 1 aromatic rings. The van der Waals surface area contributed by atoms with Crippen molar-refractivity contribution in [2.45, 2.75) is 58.4 Å². The van der Waals surface area contributed by atoms with Crippen LogP contribution in [-0.4, -0.2) is 12.3 Å². The first kappa shape index (κ1) is 15.1. The van der Waals surface area contributed by atoms with Gasteiger partial charge in [0.05, 0.1) is 6.21 Å². The molecule has 3 rings (SSSR count).